The van der Waals surface area contributed by atoms with Gasteiger partial charge in [-0.15, -0.1) is 0 Å². The molecule has 1 heterocycles. The lowest BCUT2D eigenvalue weighted by Gasteiger charge is -2.19. The molecule has 4 heteroatoms. The number of hydrogen-bond acceptors (Lipinski definition) is 4. The van der Waals surface area contributed by atoms with Gasteiger partial charge in [0.25, 0.3) is 0 Å². The van der Waals surface area contributed by atoms with Crippen LogP contribution in [0.5, 0.6) is 0 Å². The minimum atomic E-state index is -0.384. The van der Waals surface area contributed by atoms with E-state index in [4.69, 9.17) is 0 Å². The van der Waals surface area contributed by atoms with Crippen LogP contribution in [0.3, 0.4) is 0 Å². The second-order valence-electron chi connectivity index (χ2n) is 3.11. The molecule has 0 amide bonds. The molecule has 0 aliphatic carbocycles. The predicted octanol–water partition coefficient (Wildman–Crippen LogP) is 0.797. The van der Waals surface area contributed by atoms with Crippen LogP contribution in [0, 0.1) is 0 Å². The summed E-state index contributed by atoms with van der Waals surface area (Å²) >= 11 is 0. The van der Waals surface area contributed by atoms with Crippen molar-refractivity contribution in [3.8, 4) is 0 Å². The minimum absolute atomic E-state index is 0.384. The fourth-order valence-corrected chi connectivity index (χ4v) is 1.07. The van der Waals surface area contributed by atoms with Crippen molar-refractivity contribution in [1.29, 1.82) is 0 Å². The Hall–Kier alpha value is -1.16. The van der Waals surface area contributed by atoms with Crippen molar-refractivity contribution in [3.63, 3.8) is 0 Å². The summed E-state index contributed by atoms with van der Waals surface area (Å²) in [6.07, 6.45) is 4.65. The summed E-state index contributed by atoms with van der Waals surface area (Å²) in [7, 11) is 2.07. The van der Waals surface area contributed by atoms with Gasteiger partial charge in [0.05, 0.1) is 6.21 Å². The maximum atomic E-state index is 10.4. The maximum absolute atomic E-state index is 10.4. The first-order valence-corrected chi connectivity index (χ1v) is 4.27. The van der Waals surface area contributed by atoms with Gasteiger partial charge in [0, 0.05) is 20.0 Å². The van der Waals surface area contributed by atoms with Crippen LogP contribution in [-0.2, 0) is 9.63 Å². The Labute approximate surface area is 77.8 Å². The van der Waals surface area contributed by atoms with Crippen molar-refractivity contribution < 1.29 is 9.63 Å². The van der Waals surface area contributed by atoms with E-state index in [0.29, 0.717) is 0 Å². The largest absolute Gasteiger partial charge is 0.331 e. The van der Waals surface area contributed by atoms with Crippen molar-refractivity contribution in [2.24, 2.45) is 5.16 Å². The van der Waals surface area contributed by atoms with Crippen molar-refractivity contribution in [2.45, 2.75) is 13.3 Å². The molecule has 72 valence electrons. The number of hydrogen-bond donors (Lipinski definition) is 0. The van der Waals surface area contributed by atoms with E-state index in [0.717, 1.165) is 25.1 Å². The summed E-state index contributed by atoms with van der Waals surface area (Å²) in [5, 5.41) is 3.56. The van der Waals surface area contributed by atoms with Crippen LogP contribution < -0.4 is 0 Å². The van der Waals surface area contributed by atoms with Gasteiger partial charge < -0.3 is 9.74 Å². The Morgan fingerprint density at radius 3 is 3.08 bits per heavy atom. The Balaban J connectivity index is 2.37. The highest BCUT2D eigenvalue weighted by atomic mass is 16.7. The summed E-state index contributed by atoms with van der Waals surface area (Å²) in [5.74, 6) is -0.384. The van der Waals surface area contributed by atoms with Crippen LogP contribution in [-0.4, -0.2) is 37.2 Å². The third-order valence-corrected chi connectivity index (χ3v) is 1.85. The predicted molar refractivity (Wildman–Crippen MR) is 50.5 cm³/mol. The van der Waals surface area contributed by atoms with E-state index in [9.17, 15) is 4.79 Å². The summed E-state index contributed by atoms with van der Waals surface area (Å²) < 4.78 is 0. The van der Waals surface area contributed by atoms with Crippen LogP contribution in [0.1, 0.15) is 13.3 Å². The van der Waals surface area contributed by atoms with Crippen LogP contribution in [0.4, 0.5) is 0 Å². The van der Waals surface area contributed by atoms with Gasteiger partial charge in [0.1, 0.15) is 0 Å². The number of nitrogens with zero attached hydrogens (tertiary/aromatic N) is 2. The lowest BCUT2D eigenvalue weighted by atomic mass is 10.1. The normalized spacial score (nSPS) is 18.8. The molecule has 0 atom stereocenters. The van der Waals surface area contributed by atoms with E-state index in [2.05, 4.69) is 28.0 Å². The molecule has 1 aliphatic heterocycles. The Morgan fingerprint density at radius 2 is 2.54 bits per heavy atom. The average molecular weight is 182 g/mol. The molecule has 4 nitrogen and oxygen atoms in total. The topological polar surface area (TPSA) is 41.9 Å². The van der Waals surface area contributed by atoms with Gasteiger partial charge in [-0.2, -0.15) is 0 Å². The highest BCUT2D eigenvalue weighted by Gasteiger charge is 2.05. The van der Waals surface area contributed by atoms with Gasteiger partial charge in [-0.25, -0.2) is 4.79 Å². The molecule has 13 heavy (non-hydrogen) atoms. The summed E-state index contributed by atoms with van der Waals surface area (Å²) in [5.41, 5.74) is 1.12. The van der Waals surface area contributed by atoms with Gasteiger partial charge >= 0.3 is 5.97 Å². The second-order valence-corrected chi connectivity index (χ2v) is 3.11. The molecular formula is C9H14N2O2. The summed E-state index contributed by atoms with van der Waals surface area (Å²) in [6.45, 7) is 3.29. The molecule has 1 rings (SSSR count). The lowest BCUT2D eigenvalue weighted by molar-refractivity contribution is -0.140. The fourth-order valence-electron chi connectivity index (χ4n) is 1.07. The zero-order chi connectivity index (χ0) is 9.68. The van der Waals surface area contributed by atoms with E-state index in [1.54, 1.807) is 6.21 Å². The van der Waals surface area contributed by atoms with Crippen LogP contribution in [0.2, 0.25) is 0 Å². The fraction of sp³-hybridized carbons (Fsp3) is 0.556. The molecule has 0 saturated heterocycles. The third-order valence-electron chi connectivity index (χ3n) is 1.85. The SMILES string of the molecule is CC(=O)O/N=C/C1=CCN(C)CC1. The van der Waals surface area contributed by atoms with E-state index in [1.165, 1.54) is 6.92 Å². The smallest absolute Gasteiger partial charge is 0.319 e. The lowest BCUT2D eigenvalue weighted by Crippen LogP contribution is -2.24. The molecular weight excluding hydrogens is 168 g/mol. The number of likely N-dealkylation sites (N-methyl/N-ethyl adjacent to an activating group) is 1. The van der Waals surface area contributed by atoms with E-state index in [1.807, 2.05) is 0 Å². The number of carbonyl (C=O) groups is 1. The molecule has 0 radical (unpaired) electrons. The molecule has 0 bridgehead atoms. The standard InChI is InChI=1S/C9H14N2O2/c1-8(12)13-10-7-9-3-5-11(2)6-4-9/h3,7H,4-6H2,1-2H3/b10-7+. The minimum Gasteiger partial charge on any atom is -0.319 e. The van der Waals surface area contributed by atoms with E-state index < -0.39 is 0 Å². The van der Waals surface area contributed by atoms with Gasteiger partial charge in [-0.1, -0.05) is 11.2 Å². The zero-order valence-corrected chi connectivity index (χ0v) is 7.99. The average Bonchev–Trinajstić information content (AvgIpc) is 2.08. The monoisotopic (exact) mass is 182 g/mol. The first-order chi connectivity index (χ1) is 6.18. The number of carbonyl (C=O) groups excluding carboxylic acids is 1. The molecule has 0 aromatic heterocycles. The molecule has 0 fully saturated rings. The Bertz CT molecular complexity index is 246. The summed E-state index contributed by atoms with van der Waals surface area (Å²) in [4.78, 5) is 17.0. The third kappa shape index (κ3) is 3.85. The molecule has 0 aromatic carbocycles. The van der Waals surface area contributed by atoms with Crippen LogP contribution >= 0.6 is 0 Å². The molecule has 1 aliphatic rings. The van der Waals surface area contributed by atoms with Crippen molar-refractivity contribution in [2.75, 3.05) is 20.1 Å². The van der Waals surface area contributed by atoms with Crippen molar-refractivity contribution >= 4 is 12.2 Å². The van der Waals surface area contributed by atoms with E-state index >= 15 is 0 Å². The van der Waals surface area contributed by atoms with Crippen LogP contribution in [0.25, 0.3) is 0 Å². The van der Waals surface area contributed by atoms with Gasteiger partial charge in [-0.05, 0) is 19.0 Å². The van der Waals surface area contributed by atoms with Crippen LogP contribution in [0.15, 0.2) is 16.8 Å². The van der Waals surface area contributed by atoms with Crippen molar-refractivity contribution in [3.05, 3.63) is 11.6 Å². The first kappa shape index (κ1) is 9.92. The van der Waals surface area contributed by atoms with Gasteiger partial charge in [0.15, 0.2) is 0 Å². The van der Waals surface area contributed by atoms with E-state index in [-0.39, 0.29) is 5.97 Å². The van der Waals surface area contributed by atoms with Gasteiger partial charge in [0.2, 0.25) is 0 Å². The molecule has 0 unspecified atom stereocenters. The zero-order valence-electron chi connectivity index (χ0n) is 7.99. The molecule has 0 aromatic rings. The highest BCUT2D eigenvalue weighted by molar-refractivity contribution is 5.79. The maximum Gasteiger partial charge on any atom is 0.331 e. The quantitative estimate of drug-likeness (QED) is 0.360. The van der Waals surface area contributed by atoms with Gasteiger partial charge in [-0.3, -0.25) is 0 Å². The second kappa shape index (κ2) is 4.77. The summed E-state index contributed by atoms with van der Waals surface area (Å²) in [6, 6.07) is 0. The highest BCUT2D eigenvalue weighted by Crippen LogP contribution is 2.06. The number of rotatable bonds is 2. The first-order valence-electron chi connectivity index (χ1n) is 4.27. The molecule has 0 N–H and O–H groups in total. The van der Waals surface area contributed by atoms with Crippen molar-refractivity contribution in [1.82, 2.24) is 4.90 Å². The molecule has 0 saturated carbocycles. The molecule has 0 spiro atoms. The number of oxime groups is 1. The Morgan fingerprint density at radius 1 is 1.77 bits per heavy atom. The Kier molecular flexibility index (Phi) is 3.64.